The van der Waals surface area contributed by atoms with Crippen molar-refractivity contribution in [2.75, 3.05) is 0 Å². The van der Waals surface area contributed by atoms with Crippen LogP contribution in [0.2, 0.25) is 0 Å². The summed E-state index contributed by atoms with van der Waals surface area (Å²) in [6, 6.07) is 5.62. The van der Waals surface area contributed by atoms with Gasteiger partial charge in [0.05, 0.1) is 0 Å². The first kappa shape index (κ1) is 9.02. The van der Waals surface area contributed by atoms with Crippen LogP contribution in [0, 0.1) is 0 Å². The molecule has 70 valence electrons. The molecule has 4 heteroatoms. The number of carbonyl (C=O) groups excluding carboxylic acids is 1. The van der Waals surface area contributed by atoms with Crippen molar-refractivity contribution in [1.82, 2.24) is 9.97 Å². The van der Waals surface area contributed by atoms with Crippen LogP contribution in [0.4, 0.5) is 0 Å². The SMILES string of the molecule is O=Cc1ccnc(Cc2cccs2)n1. The Balaban J connectivity index is 2.21. The maximum Gasteiger partial charge on any atom is 0.168 e. The van der Waals surface area contributed by atoms with Crippen molar-refractivity contribution in [2.24, 2.45) is 0 Å². The predicted octanol–water partition coefficient (Wildman–Crippen LogP) is 1.94. The molecule has 0 radical (unpaired) electrons. The van der Waals surface area contributed by atoms with Gasteiger partial charge < -0.3 is 0 Å². The van der Waals surface area contributed by atoms with Crippen LogP contribution in [0.25, 0.3) is 0 Å². The predicted molar refractivity (Wildman–Crippen MR) is 54.5 cm³/mol. The van der Waals surface area contributed by atoms with Crippen LogP contribution in [0.3, 0.4) is 0 Å². The fourth-order valence-electron chi connectivity index (χ4n) is 1.13. The van der Waals surface area contributed by atoms with Gasteiger partial charge >= 0.3 is 0 Å². The van der Waals surface area contributed by atoms with Gasteiger partial charge in [0, 0.05) is 17.5 Å². The highest BCUT2D eigenvalue weighted by Crippen LogP contribution is 2.11. The number of carbonyl (C=O) groups is 1. The quantitative estimate of drug-likeness (QED) is 0.717. The number of rotatable bonds is 3. The maximum atomic E-state index is 10.5. The van der Waals surface area contributed by atoms with E-state index in [9.17, 15) is 4.79 Å². The Labute approximate surface area is 85.5 Å². The fourth-order valence-corrected chi connectivity index (χ4v) is 1.84. The molecule has 0 aliphatic rings. The topological polar surface area (TPSA) is 42.9 Å². The molecule has 3 nitrogen and oxygen atoms in total. The van der Waals surface area contributed by atoms with Crippen molar-refractivity contribution in [3.05, 3.63) is 46.2 Å². The average Bonchev–Trinajstić information content (AvgIpc) is 2.71. The van der Waals surface area contributed by atoms with Gasteiger partial charge in [0.15, 0.2) is 6.29 Å². The lowest BCUT2D eigenvalue weighted by molar-refractivity contribution is 0.111. The molecule has 0 unspecified atom stereocenters. The molecular formula is C10H8N2OS. The molecule has 2 heterocycles. The lowest BCUT2D eigenvalue weighted by Gasteiger charge is -1.96. The second-order valence-electron chi connectivity index (χ2n) is 2.77. The highest BCUT2D eigenvalue weighted by Gasteiger charge is 2.00. The summed E-state index contributed by atoms with van der Waals surface area (Å²) < 4.78 is 0. The lowest BCUT2D eigenvalue weighted by atomic mass is 10.3. The van der Waals surface area contributed by atoms with E-state index >= 15 is 0 Å². The van der Waals surface area contributed by atoms with Crippen LogP contribution in [0.5, 0.6) is 0 Å². The van der Waals surface area contributed by atoms with Crippen molar-refractivity contribution >= 4 is 17.6 Å². The van der Waals surface area contributed by atoms with Gasteiger partial charge in [-0.2, -0.15) is 0 Å². The first-order valence-electron chi connectivity index (χ1n) is 4.18. The summed E-state index contributed by atoms with van der Waals surface area (Å²) in [5.74, 6) is 0.692. The van der Waals surface area contributed by atoms with E-state index in [0.717, 1.165) is 6.29 Å². The van der Waals surface area contributed by atoms with E-state index in [1.54, 1.807) is 23.6 Å². The molecule has 0 saturated carbocycles. The normalized spacial score (nSPS) is 10.0. The number of thiophene rings is 1. The molecule has 0 amide bonds. The Hall–Kier alpha value is -1.55. The standard InChI is InChI=1S/C10H8N2OS/c13-7-8-3-4-11-10(12-8)6-9-2-1-5-14-9/h1-5,7H,6H2. The van der Waals surface area contributed by atoms with E-state index in [-0.39, 0.29) is 0 Å². The van der Waals surface area contributed by atoms with E-state index in [4.69, 9.17) is 0 Å². The molecule has 0 spiro atoms. The van der Waals surface area contributed by atoms with Crippen molar-refractivity contribution in [1.29, 1.82) is 0 Å². The largest absolute Gasteiger partial charge is 0.296 e. The highest BCUT2D eigenvalue weighted by atomic mass is 32.1. The molecule has 0 N–H and O–H groups in total. The number of nitrogens with zero attached hydrogens (tertiary/aromatic N) is 2. The van der Waals surface area contributed by atoms with Crippen molar-refractivity contribution in [3.8, 4) is 0 Å². The Kier molecular flexibility index (Phi) is 2.65. The molecule has 2 aromatic heterocycles. The minimum atomic E-state index is 0.437. The summed E-state index contributed by atoms with van der Waals surface area (Å²) in [6.45, 7) is 0. The molecule has 0 atom stereocenters. The minimum absolute atomic E-state index is 0.437. The second-order valence-corrected chi connectivity index (χ2v) is 3.80. The van der Waals surface area contributed by atoms with Crippen LogP contribution >= 0.6 is 11.3 Å². The summed E-state index contributed by atoms with van der Waals surface area (Å²) in [4.78, 5) is 19.9. The summed E-state index contributed by atoms with van der Waals surface area (Å²) in [6.07, 6.45) is 3.04. The highest BCUT2D eigenvalue weighted by molar-refractivity contribution is 7.09. The van der Waals surface area contributed by atoms with Gasteiger partial charge in [-0.3, -0.25) is 4.79 Å². The minimum Gasteiger partial charge on any atom is -0.296 e. The summed E-state index contributed by atoms with van der Waals surface area (Å²) >= 11 is 1.66. The van der Waals surface area contributed by atoms with Crippen LogP contribution in [-0.2, 0) is 6.42 Å². The summed E-state index contributed by atoms with van der Waals surface area (Å²) in [7, 11) is 0. The third kappa shape index (κ3) is 2.03. The van der Waals surface area contributed by atoms with E-state index in [2.05, 4.69) is 9.97 Å². The molecule has 0 aromatic carbocycles. The molecule has 2 aromatic rings. The van der Waals surface area contributed by atoms with Gasteiger partial charge in [-0.15, -0.1) is 11.3 Å². The van der Waals surface area contributed by atoms with Crippen LogP contribution < -0.4 is 0 Å². The molecule has 14 heavy (non-hydrogen) atoms. The zero-order valence-electron chi connectivity index (χ0n) is 7.38. The zero-order valence-corrected chi connectivity index (χ0v) is 8.20. The second kappa shape index (κ2) is 4.11. The number of hydrogen-bond acceptors (Lipinski definition) is 4. The first-order chi connectivity index (χ1) is 6.88. The number of aromatic nitrogens is 2. The summed E-state index contributed by atoms with van der Waals surface area (Å²) in [5, 5.41) is 2.01. The molecule has 2 rings (SSSR count). The van der Waals surface area contributed by atoms with Crippen molar-refractivity contribution in [3.63, 3.8) is 0 Å². The van der Waals surface area contributed by atoms with Gasteiger partial charge in [-0.25, -0.2) is 9.97 Å². The van der Waals surface area contributed by atoms with E-state index in [0.29, 0.717) is 17.9 Å². The van der Waals surface area contributed by atoms with Gasteiger partial charge in [0.1, 0.15) is 11.5 Å². The van der Waals surface area contributed by atoms with Gasteiger partial charge in [-0.1, -0.05) is 6.07 Å². The Morgan fingerprint density at radius 1 is 1.43 bits per heavy atom. The molecule has 0 aliphatic carbocycles. The summed E-state index contributed by atoms with van der Waals surface area (Å²) in [5.41, 5.74) is 0.437. The first-order valence-corrected chi connectivity index (χ1v) is 5.06. The average molecular weight is 204 g/mol. The van der Waals surface area contributed by atoms with Gasteiger partial charge in [0.25, 0.3) is 0 Å². The molecule has 0 aliphatic heterocycles. The maximum absolute atomic E-state index is 10.5. The molecular weight excluding hydrogens is 196 g/mol. The monoisotopic (exact) mass is 204 g/mol. The number of hydrogen-bond donors (Lipinski definition) is 0. The Morgan fingerprint density at radius 2 is 2.36 bits per heavy atom. The molecule has 0 bridgehead atoms. The fraction of sp³-hybridized carbons (Fsp3) is 0.100. The zero-order chi connectivity index (χ0) is 9.80. The third-order valence-electron chi connectivity index (χ3n) is 1.76. The van der Waals surface area contributed by atoms with Crippen molar-refractivity contribution < 1.29 is 4.79 Å². The van der Waals surface area contributed by atoms with E-state index in [1.165, 1.54) is 4.88 Å². The van der Waals surface area contributed by atoms with E-state index < -0.39 is 0 Å². The van der Waals surface area contributed by atoms with E-state index in [1.807, 2.05) is 17.5 Å². The smallest absolute Gasteiger partial charge is 0.168 e. The Morgan fingerprint density at radius 3 is 3.07 bits per heavy atom. The molecule has 0 saturated heterocycles. The van der Waals surface area contributed by atoms with Crippen LogP contribution in [0.15, 0.2) is 29.8 Å². The van der Waals surface area contributed by atoms with Crippen LogP contribution in [0.1, 0.15) is 21.2 Å². The van der Waals surface area contributed by atoms with Crippen LogP contribution in [-0.4, -0.2) is 16.3 Å². The Bertz CT molecular complexity index is 425. The van der Waals surface area contributed by atoms with Gasteiger partial charge in [0.2, 0.25) is 0 Å². The molecule has 0 fully saturated rings. The third-order valence-corrected chi connectivity index (χ3v) is 2.64. The lowest BCUT2D eigenvalue weighted by Crippen LogP contribution is -1.97. The number of aldehydes is 1. The van der Waals surface area contributed by atoms with Gasteiger partial charge in [-0.05, 0) is 17.5 Å². The van der Waals surface area contributed by atoms with Crippen molar-refractivity contribution in [2.45, 2.75) is 6.42 Å².